The number of fused-ring (bicyclic) bond motifs is 1. The number of hydrogen-bond acceptors (Lipinski definition) is 4. The molecule has 24 heavy (non-hydrogen) atoms. The number of para-hydroxylation sites is 1. The number of nitrogens with zero attached hydrogens (tertiary/aromatic N) is 2. The van der Waals surface area contributed by atoms with E-state index in [0.717, 1.165) is 35.9 Å². The second-order valence-electron chi connectivity index (χ2n) is 5.91. The van der Waals surface area contributed by atoms with Gasteiger partial charge in [-0.25, -0.2) is 9.97 Å². The van der Waals surface area contributed by atoms with Crippen molar-refractivity contribution < 1.29 is 4.79 Å². The number of amides is 1. The van der Waals surface area contributed by atoms with Crippen molar-refractivity contribution in [3.8, 4) is 11.4 Å². The molecule has 1 aromatic heterocycles. The Hall–Kier alpha value is -2.95. The minimum absolute atomic E-state index is 0.0326. The highest BCUT2D eigenvalue weighted by atomic mass is 16.2. The van der Waals surface area contributed by atoms with Crippen molar-refractivity contribution in [3.05, 3.63) is 54.6 Å². The Bertz CT molecular complexity index is 879. The van der Waals surface area contributed by atoms with Crippen LogP contribution in [0.5, 0.6) is 0 Å². The lowest BCUT2D eigenvalue weighted by Crippen LogP contribution is -2.44. The van der Waals surface area contributed by atoms with Crippen LogP contribution in [0.3, 0.4) is 0 Å². The van der Waals surface area contributed by atoms with Gasteiger partial charge < -0.3 is 10.6 Å². The van der Waals surface area contributed by atoms with Gasteiger partial charge >= 0.3 is 0 Å². The van der Waals surface area contributed by atoms with Crippen molar-refractivity contribution in [2.45, 2.75) is 18.9 Å². The van der Waals surface area contributed by atoms with E-state index in [2.05, 4.69) is 15.6 Å². The summed E-state index contributed by atoms with van der Waals surface area (Å²) in [6.07, 6.45) is 1.78. The topological polar surface area (TPSA) is 66.9 Å². The molecule has 0 bridgehead atoms. The maximum absolute atomic E-state index is 12.1. The molecule has 0 aliphatic carbocycles. The molecule has 1 amide bonds. The van der Waals surface area contributed by atoms with Gasteiger partial charge in [-0.3, -0.25) is 4.79 Å². The summed E-state index contributed by atoms with van der Waals surface area (Å²) in [7, 11) is 0. The van der Waals surface area contributed by atoms with E-state index in [-0.39, 0.29) is 11.9 Å². The van der Waals surface area contributed by atoms with Crippen LogP contribution in [0.2, 0.25) is 0 Å². The van der Waals surface area contributed by atoms with Gasteiger partial charge in [-0.05, 0) is 25.0 Å². The van der Waals surface area contributed by atoms with Gasteiger partial charge in [0.25, 0.3) is 0 Å². The Kier molecular flexibility index (Phi) is 3.83. The number of anilines is 1. The third kappa shape index (κ3) is 2.80. The Morgan fingerprint density at radius 1 is 1.00 bits per heavy atom. The fourth-order valence-electron chi connectivity index (χ4n) is 2.98. The van der Waals surface area contributed by atoms with Gasteiger partial charge in [0, 0.05) is 17.5 Å². The molecule has 1 atom stereocenters. The lowest BCUT2D eigenvalue weighted by Gasteiger charge is -2.24. The third-order valence-corrected chi connectivity index (χ3v) is 4.23. The molecule has 2 heterocycles. The zero-order valence-electron chi connectivity index (χ0n) is 13.2. The molecular weight excluding hydrogens is 300 g/mol. The first-order chi connectivity index (χ1) is 11.8. The van der Waals surface area contributed by atoms with Crippen LogP contribution >= 0.6 is 0 Å². The second-order valence-corrected chi connectivity index (χ2v) is 5.91. The van der Waals surface area contributed by atoms with Gasteiger partial charge in [0.05, 0.1) is 5.52 Å². The van der Waals surface area contributed by atoms with E-state index in [1.54, 1.807) is 0 Å². The molecule has 1 unspecified atom stereocenters. The zero-order valence-corrected chi connectivity index (χ0v) is 13.2. The molecule has 1 aliphatic rings. The number of carbonyl (C=O) groups is 1. The first-order valence-corrected chi connectivity index (χ1v) is 8.18. The highest BCUT2D eigenvalue weighted by Gasteiger charge is 2.23. The summed E-state index contributed by atoms with van der Waals surface area (Å²) < 4.78 is 0. The monoisotopic (exact) mass is 318 g/mol. The Morgan fingerprint density at radius 3 is 2.62 bits per heavy atom. The maximum Gasteiger partial charge on any atom is 0.242 e. The summed E-state index contributed by atoms with van der Waals surface area (Å²) in [5.74, 6) is 1.40. The SMILES string of the molecule is O=C1NCCCC1Nc1nc(-c2ccccc2)nc2ccccc12. The largest absolute Gasteiger partial charge is 0.358 e. The van der Waals surface area contributed by atoms with Gasteiger partial charge in [0.2, 0.25) is 5.91 Å². The zero-order chi connectivity index (χ0) is 16.4. The lowest BCUT2D eigenvalue weighted by molar-refractivity contribution is -0.123. The molecule has 2 N–H and O–H groups in total. The van der Waals surface area contributed by atoms with Gasteiger partial charge in [-0.2, -0.15) is 0 Å². The van der Waals surface area contributed by atoms with Crippen LogP contribution in [0.4, 0.5) is 5.82 Å². The molecule has 0 radical (unpaired) electrons. The van der Waals surface area contributed by atoms with Crippen molar-refractivity contribution in [3.63, 3.8) is 0 Å². The van der Waals surface area contributed by atoms with Crippen molar-refractivity contribution in [1.29, 1.82) is 0 Å². The number of piperidine rings is 1. The molecular formula is C19H18N4O. The minimum atomic E-state index is -0.249. The molecule has 1 aliphatic heterocycles. The molecule has 0 spiro atoms. The van der Waals surface area contributed by atoms with E-state index in [9.17, 15) is 4.79 Å². The Labute approximate surface area is 140 Å². The molecule has 5 nitrogen and oxygen atoms in total. The molecule has 4 rings (SSSR count). The summed E-state index contributed by atoms with van der Waals surface area (Å²) in [6.45, 7) is 0.747. The molecule has 1 fully saturated rings. The number of nitrogens with one attached hydrogen (secondary N) is 2. The van der Waals surface area contributed by atoms with Gasteiger partial charge in [0.1, 0.15) is 11.9 Å². The van der Waals surface area contributed by atoms with E-state index in [4.69, 9.17) is 4.98 Å². The average molecular weight is 318 g/mol. The molecule has 5 heteroatoms. The van der Waals surface area contributed by atoms with E-state index in [0.29, 0.717) is 11.6 Å². The van der Waals surface area contributed by atoms with Gasteiger partial charge in [0.15, 0.2) is 5.82 Å². The van der Waals surface area contributed by atoms with Crippen LogP contribution in [-0.2, 0) is 4.79 Å². The van der Waals surface area contributed by atoms with Crippen LogP contribution in [-0.4, -0.2) is 28.5 Å². The van der Waals surface area contributed by atoms with E-state index >= 15 is 0 Å². The number of aromatic nitrogens is 2. The fraction of sp³-hybridized carbons (Fsp3) is 0.211. The first-order valence-electron chi connectivity index (χ1n) is 8.18. The predicted octanol–water partition coefficient (Wildman–Crippen LogP) is 2.99. The molecule has 3 aromatic rings. The smallest absolute Gasteiger partial charge is 0.242 e. The number of benzene rings is 2. The average Bonchev–Trinajstić information content (AvgIpc) is 2.64. The number of hydrogen-bond donors (Lipinski definition) is 2. The second kappa shape index (κ2) is 6.28. The van der Waals surface area contributed by atoms with Gasteiger partial charge in [-0.1, -0.05) is 42.5 Å². The molecule has 1 saturated heterocycles. The quantitative estimate of drug-likeness (QED) is 0.779. The standard InChI is InChI=1S/C19H18N4O/c24-19-16(11-6-12-20-19)22-18-14-9-4-5-10-15(14)21-17(23-18)13-7-2-1-3-8-13/h1-5,7-10,16H,6,11-12H2,(H,20,24)(H,21,22,23). The summed E-state index contributed by atoms with van der Waals surface area (Å²) in [6, 6.07) is 17.5. The fourth-order valence-corrected chi connectivity index (χ4v) is 2.98. The van der Waals surface area contributed by atoms with Crippen LogP contribution in [0, 0.1) is 0 Å². The normalized spacial score (nSPS) is 17.5. The van der Waals surface area contributed by atoms with E-state index in [1.165, 1.54) is 0 Å². The van der Waals surface area contributed by atoms with Gasteiger partial charge in [-0.15, -0.1) is 0 Å². The highest BCUT2D eigenvalue weighted by Crippen LogP contribution is 2.26. The number of rotatable bonds is 3. The van der Waals surface area contributed by atoms with E-state index in [1.807, 2.05) is 54.6 Å². The van der Waals surface area contributed by atoms with Crippen LogP contribution in [0.25, 0.3) is 22.3 Å². The van der Waals surface area contributed by atoms with Crippen molar-refractivity contribution in [1.82, 2.24) is 15.3 Å². The maximum atomic E-state index is 12.1. The predicted molar refractivity (Wildman–Crippen MR) is 94.6 cm³/mol. The van der Waals surface area contributed by atoms with E-state index < -0.39 is 0 Å². The highest BCUT2D eigenvalue weighted by molar-refractivity contribution is 5.93. The molecule has 2 aromatic carbocycles. The first kappa shape index (κ1) is 14.6. The number of carbonyl (C=O) groups excluding carboxylic acids is 1. The summed E-state index contributed by atoms with van der Waals surface area (Å²) >= 11 is 0. The molecule has 120 valence electrons. The Balaban J connectivity index is 1.79. The Morgan fingerprint density at radius 2 is 1.79 bits per heavy atom. The summed E-state index contributed by atoms with van der Waals surface area (Å²) in [5.41, 5.74) is 1.82. The van der Waals surface area contributed by atoms with Crippen LogP contribution in [0.1, 0.15) is 12.8 Å². The lowest BCUT2D eigenvalue weighted by atomic mass is 10.1. The minimum Gasteiger partial charge on any atom is -0.358 e. The van der Waals surface area contributed by atoms with Crippen molar-refractivity contribution >= 4 is 22.6 Å². The van der Waals surface area contributed by atoms with Crippen LogP contribution in [0.15, 0.2) is 54.6 Å². The molecule has 0 saturated carbocycles. The summed E-state index contributed by atoms with van der Waals surface area (Å²) in [4.78, 5) is 21.4. The van der Waals surface area contributed by atoms with Crippen molar-refractivity contribution in [2.24, 2.45) is 0 Å². The van der Waals surface area contributed by atoms with Crippen LogP contribution < -0.4 is 10.6 Å². The third-order valence-electron chi connectivity index (χ3n) is 4.23. The van der Waals surface area contributed by atoms with Crippen molar-refractivity contribution in [2.75, 3.05) is 11.9 Å². The summed E-state index contributed by atoms with van der Waals surface area (Å²) in [5, 5.41) is 7.15.